The predicted molar refractivity (Wildman–Crippen MR) is 117 cm³/mol. The summed E-state index contributed by atoms with van der Waals surface area (Å²) in [6.45, 7) is 9.81. The Hall–Kier alpha value is -2.67. The number of nitrogens with one attached hydrogen (secondary N) is 1. The summed E-state index contributed by atoms with van der Waals surface area (Å²) in [5.74, 6) is 2.09. The van der Waals surface area contributed by atoms with Gasteiger partial charge in [0.15, 0.2) is 0 Å². The van der Waals surface area contributed by atoms with Crippen LogP contribution in [0.15, 0.2) is 40.9 Å². The highest BCUT2D eigenvalue weighted by Crippen LogP contribution is 2.28. The van der Waals surface area contributed by atoms with Crippen LogP contribution in [0.2, 0.25) is 0 Å². The van der Waals surface area contributed by atoms with Gasteiger partial charge in [-0.2, -0.15) is 0 Å². The molecule has 0 spiro atoms. The van der Waals surface area contributed by atoms with E-state index in [1.807, 2.05) is 11.6 Å². The van der Waals surface area contributed by atoms with Crippen LogP contribution >= 0.6 is 0 Å². The lowest BCUT2D eigenvalue weighted by Crippen LogP contribution is -2.27. The molecule has 1 atom stereocenters. The second kappa shape index (κ2) is 9.43. The topological polar surface area (TPSA) is 72.0 Å². The summed E-state index contributed by atoms with van der Waals surface area (Å²) in [5, 5.41) is 12.4. The number of fused-ring (bicyclic) bond motifs is 4. The number of hydrogen-bond acceptors (Lipinski definition) is 6. The summed E-state index contributed by atoms with van der Waals surface area (Å²) in [5.41, 5.74) is 3.16. The van der Waals surface area contributed by atoms with Gasteiger partial charge in [-0.1, -0.05) is 49.4 Å². The molecular weight excluding hydrogens is 376 g/mol. The summed E-state index contributed by atoms with van der Waals surface area (Å²) >= 11 is 0. The molecule has 0 aliphatic carbocycles. The van der Waals surface area contributed by atoms with Gasteiger partial charge >= 0.3 is 0 Å². The van der Waals surface area contributed by atoms with E-state index in [4.69, 9.17) is 9.40 Å². The number of rotatable bonds is 4. The van der Waals surface area contributed by atoms with Gasteiger partial charge in [0.25, 0.3) is 0 Å². The molecule has 1 aliphatic rings. The normalized spacial score (nSPS) is 17.9. The van der Waals surface area contributed by atoms with Gasteiger partial charge in [0.1, 0.15) is 11.4 Å². The summed E-state index contributed by atoms with van der Waals surface area (Å²) in [4.78, 5) is 7.09. The van der Waals surface area contributed by atoms with Gasteiger partial charge in [0, 0.05) is 13.1 Å². The minimum atomic E-state index is 0.0503. The number of aromatic nitrogens is 4. The van der Waals surface area contributed by atoms with E-state index in [0.29, 0.717) is 12.5 Å². The van der Waals surface area contributed by atoms with E-state index in [0.717, 1.165) is 62.1 Å². The summed E-state index contributed by atoms with van der Waals surface area (Å²) in [7, 11) is 0. The van der Waals surface area contributed by atoms with Crippen LogP contribution in [-0.2, 0) is 19.5 Å². The molecule has 4 bridgehead atoms. The van der Waals surface area contributed by atoms with Crippen molar-refractivity contribution < 1.29 is 4.42 Å². The van der Waals surface area contributed by atoms with Gasteiger partial charge in [-0.3, -0.25) is 4.68 Å². The van der Waals surface area contributed by atoms with E-state index >= 15 is 0 Å². The number of benzene rings is 1. The molecule has 1 N–H and O–H groups in total. The first-order valence-electron chi connectivity index (χ1n) is 11.0. The number of anilines is 1. The fraction of sp³-hybridized carbons (Fsp3) is 0.522. The molecule has 3 aromatic rings. The van der Waals surface area contributed by atoms with Gasteiger partial charge in [-0.05, 0) is 44.2 Å². The van der Waals surface area contributed by atoms with Crippen LogP contribution in [0.1, 0.15) is 55.6 Å². The van der Waals surface area contributed by atoms with Gasteiger partial charge in [-0.15, -0.1) is 5.10 Å². The molecule has 1 unspecified atom stereocenters. The third kappa shape index (κ3) is 5.08. The molecular formula is C23H32N6O. The molecule has 1 aromatic carbocycles. The van der Waals surface area contributed by atoms with E-state index in [-0.39, 0.29) is 6.04 Å². The smallest absolute Gasteiger partial charge is 0.219 e. The van der Waals surface area contributed by atoms with Crippen LogP contribution in [0.4, 0.5) is 5.88 Å². The Labute approximate surface area is 178 Å². The Morgan fingerprint density at radius 3 is 2.83 bits per heavy atom. The van der Waals surface area contributed by atoms with Crippen LogP contribution in [-0.4, -0.2) is 33.1 Å². The standard InChI is InChI=1S/C23H32N6O/c1-17(2)14-28-15-20-16-29(27-26-20)12-8-7-11-24-21(13-19-9-5-4-6-10-19)22-25-18(3)23(28)30-22/h4-6,9-10,16-17,21,24H,7-8,11-15H2,1-3H3. The maximum absolute atomic E-state index is 6.40. The van der Waals surface area contributed by atoms with Crippen molar-refractivity contribution in [2.45, 2.75) is 59.2 Å². The van der Waals surface area contributed by atoms with Gasteiger partial charge < -0.3 is 14.6 Å². The lowest BCUT2D eigenvalue weighted by molar-refractivity contribution is 0.385. The van der Waals surface area contributed by atoms with Crippen molar-refractivity contribution in [2.75, 3.05) is 18.0 Å². The summed E-state index contributed by atoms with van der Waals surface area (Å²) < 4.78 is 8.36. The molecule has 30 heavy (non-hydrogen) atoms. The first-order chi connectivity index (χ1) is 14.6. The number of hydrogen-bond donors (Lipinski definition) is 1. The average molecular weight is 409 g/mol. The lowest BCUT2D eigenvalue weighted by atomic mass is 10.1. The lowest BCUT2D eigenvalue weighted by Gasteiger charge is -2.23. The molecule has 160 valence electrons. The van der Waals surface area contributed by atoms with Crippen LogP contribution in [0.25, 0.3) is 0 Å². The highest BCUT2D eigenvalue weighted by Gasteiger charge is 2.24. The Morgan fingerprint density at radius 2 is 2.03 bits per heavy atom. The molecule has 0 amide bonds. The van der Waals surface area contributed by atoms with Crippen molar-refractivity contribution in [1.29, 1.82) is 0 Å². The van der Waals surface area contributed by atoms with Gasteiger partial charge in [0.05, 0.1) is 18.8 Å². The monoisotopic (exact) mass is 408 g/mol. The van der Waals surface area contributed by atoms with Crippen molar-refractivity contribution in [3.8, 4) is 0 Å². The molecule has 1 aliphatic heterocycles. The third-order valence-corrected chi connectivity index (χ3v) is 5.39. The summed E-state index contributed by atoms with van der Waals surface area (Å²) in [6.07, 6.45) is 5.02. The van der Waals surface area contributed by atoms with Gasteiger partial charge in [-0.25, -0.2) is 4.98 Å². The molecule has 7 heteroatoms. The van der Waals surface area contributed by atoms with E-state index in [1.54, 1.807) is 0 Å². The molecule has 3 heterocycles. The van der Waals surface area contributed by atoms with E-state index in [9.17, 15) is 0 Å². The zero-order chi connectivity index (χ0) is 20.9. The van der Waals surface area contributed by atoms with Crippen LogP contribution in [0, 0.1) is 12.8 Å². The number of aryl methyl sites for hydroxylation is 2. The Morgan fingerprint density at radius 1 is 1.20 bits per heavy atom. The fourth-order valence-electron chi connectivity index (χ4n) is 4.00. The fourth-order valence-corrected chi connectivity index (χ4v) is 4.00. The van der Waals surface area contributed by atoms with Gasteiger partial charge in [0.2, 0.25) is 11.8 Å². The largest absolute Gasteiger partial charge is 0.423 e. The zero-order valence-corrected chi connectivity index (χ0v) is 18.2. The minimum Gasteiger partial charge on any atom is -0.423 e. The second-order valence-corrected chi connectivity index (χ2v) is 8.59. The predicted octanol–water partition coefficient (Wildman–Crippen LogP) is 3.90. The van der Waals surface area contributed by atoms with Crippen LogP contribution in [0.3, 0.4) is 0 Å². The van der Waals surface area contributed by atoms with Crippen molar-refractivity contribution in [1.82, 2.24) is 25.3 Å². The minimum absolute atomic E-state index is 0.0503. The molecule has 2 aromatic heterocycles. The Bertz CT molecular complexity index is 932. The Kier molecular flexibility index (Phi) is 6.47. The van der Waals surface area contributed by atoms with Crippen molar-refractivity contribution in [3.05, 3.63) is 59.4 Å². The highest BCUT2D eigenvalue weighted by molar-refractivity contribution is 5.41. The second-order valence-electron chi connectivity index (χ2n) is 8.59. The SMILES string of the molecule is Cc1nc2oc1N(CC(C)C)Cc1cn(nn1)CCCCNC2Cc1ccccc1. The highest BCUT2D eigenvalue weighted by atomic mass is 16.4. The van der Waals surface area contributed by atoms with E-state index in [2.05, 4.69) is 70.9 Å². The summed E-state index contributed by atoms with van der Waals surface area (Å²) in [6, 6.07) is 10.6. The van der Waals surface area contributed by atoms with Crippen molar-refractivity contribution in [2.24, 2.45) is 5.92 Å². The number of nitrogens with zero attached hydrogens (tertiary/aromatic N) is 5. The van der Waals surface area contributed by atoms with Crippen molar-refractivity contribution in [3.63, 3.8) is 0 Å². The van der Waals surface area contributed by atoms with Crippen molar-refractivity contribution >= 4 is 5.88 Å². The average Bonchev–Trinajstić information content (AvgIpc) is 3.32. The van der Waals surface area contributed by atoms with Crippen LogP contribution in [0.5, 0.6) is 0 Å². The molecule has 7 nitrogen and oxygen atoms in total. The molecule has 0 saturated carbocycles. The quantitative estimate of drug-likeness (QED) is 0.706. The van der Waals surface area contributed by atoms with Crippen LogP contribution < -0.4 is 10.2 Å². The molecule has 0 radical (unpaired) electrons. The zero-order valence-electron chi connectivity index (χ0n) is 18.2. The first kappa shape index (κ1) is 20.6. The maximum Gasteiger partial charge on any atom is 0.219 e. The molecule has 0 saturated heterocycles. The first-order valence-corrected chi connectivity index (χ1v) is 11.0. The maximum atomic E-state index is 6.40. The molecule has 0 fully saturated rings. The Balaban J connectivity index is 1.66. The van der Waals surface area contributed by atoms with E-state index < -0.39 is 0 Å². The number of oxazole rings is 1. The molecule has 4 rings (SSSR count). The van der Waals surface area contributed by atoms with E-state index in [1.165, 1.54) is 5.56 Å². The third-order valence-electron chi connectivity index (χ3n) is 5.39.